The molecule has 0 aliphatic carbocycles. The molecule has 4 rings (SSSR count). The number of halogens is 1. The van der Waals surface area contributed by atoms with Gasteiger partial charge in [0.05, 0.1) is 10.6 Å². The molecule has 236 valence electrons. The Morgan fingerprint density at radius 1 is 0.889 bits per heavy atom. The summed E-state index contributed by atoms with van der Waals surface area (Å²) in [7, 11) is -4.17. The predicted molar refractivity (Wildman–Crippen MR) is 183 cm³/mol. The highest BCUT2D eigenvalue weighted by Gasteiger charge is 2.34. The summed E-state index contributed by atoms with van der Waals surface area (Å²) in [5.74, 6) is -0.856. The molecule has 1 N–H and O–H groups in total. The summed E-state index contributed by atoms with van der Waals surface area (Å²) in [5, 5.41) is 3.39. The summed E-state index contributed by atoms with van der Waals surface area (Å²) in [4.78, 5) is 30.6. The average Bonchev–Trinajstić information content (AvgIpc) is 3.05. The summed E-state index contributed by atoms with van der Waals surface area (Å²) < 4.78 is 29.5. The van der Waals surface area contributed by atoms with Crippen LogP contribution in [0.15, 0.2) is 113 Å². The summed E-state index contributed by atoms with van der Waals surface area (Å²) in [6.45, 7) is 3.79. The van der Waals surface area contributed by atoms with E-state index >= 15 is 0 Å². The SMILES string of the molecule is CCCNC(=O)[C@H](Cc1ccccc1)N(Cc1ccccc1Cl)C(=O)CN(c1ccc(C)cc1)S(=O)(=O)c1ccc(SC)cc1. The number of carbonyl (C=O) groups excluding carboxylic acids is 2. The Hall–Kier alpha value is -3.79. The van der Waals surface area contributed by atoms with Crippen molar-refractivity contribution < 1.29 is 18.0 Å². The molecule has 4 aromatic carbocycles. The molecule has 10 heteroatoms. The lowest BCUT2D eigenvalue weighted by atomic mass is 10.0. The van der Waals surface area contributed by atoms with Crippen molar-refractivity contribution in [1.29, 1.82) is 0 Å². The average molecular weight is 664 g/mol. The molecule has 0 aromatic heterocycles. The summed E-state index contributed by atoms with van der Waals surface area (Å²) >= 11 is 8.05. The van der Waals surface area contributed by atoms with E-state index in [1.165, 1.54) is 16.7 Å². The Kier molecular flexibility index (Phi) is 12.1. The van der Waals surface area contributed by atoms with Crippen molar-refractivity contribution in [1.82, 2.24) is 10.2 Å². The van der Waals surface area contributed by atoms with Crippen LogP contribution in [-0.2, 0) is 32.6 Å². The van der Waals surface area contributed by atoms with Crippen molar-refractivity contribution in [2.75, 3.05) is 23.7 Å². The van der Waals surface area contributed by atoms with Crippen LogP contribution in [0.1, 0.15) is 30.0 Å². The third kappa shape index (κ3) is 8.90. The fraction of sp³-hybridized carbons (Fsp3) is 0.257. The second kappa shape index (κ2) is 16.0. The van der Waals surface area contributed by atoms with Gasteiger partial charge in [-0.15, -0.1) is 11.8 Å². The molecule has 7 nitrogen and oxygen atoms in total. The Morgan fingerprint density at radius 2 is 1.53 bits per heavy atom. The van der Waals surface area contributed by atoms with Crippen molar-refractivity contribution in [3.05, 3.63) is 125 Å². The number of anilines is 1. The number of rotatable bonds is 14. The van der Waals surface area contributed by atoms with E-state index in [4.69, 9.17) is 11.6 Å². The molecule has 2 amide bonds. The number of nitrogens with zero attached hydrogens (tertiary/aromatic N) is 2. The van der Waals surface area contributed by atoms with Gasteiger partial charge in [0.25, 0.3) is 10.0 Å². The maximum atomic E-state index is 14.5. The molecule has 0 aliphatic rings. The van der Waals surface area contributed by atoms with E-state index in [9.17, 15) is 18.0 Å². The Labute approximate surface area is 275 Å². The number of sulfonamides is 1. The van der Waals surface area contributed by atoms with Gasteiger partial charge < -0.3 is 10.2 Å². The number of carbonyl (C=O) groups is 2. The maximum Gasteiger partial charge on any atom is 0.264 e. The van der Waals surface area contributed by atoms with Crippen LogP contribution < -0.4 is 9.62 Å². The first kappa shape index (κ1) is 34.1. The van der Waals surface area contributed by atoms with Crippen molar-refractivity contribution in [3.8, 4) is 0 Å². The number of benzene rings is 4. The highest BCUT2D eigenvalue weighted by atomic mass is 35.5. The molecule has 0 spiro atoms. The quantitative estimate of drug-likeness (QED) is 0.151. The first-order chi connectivity index (χ1) is 21.6. The van der Waals surface area contributed by atoms with Gasteiger partial charge in [0.1, 0.15) is 12.6 Å². The van der Waals surface area contributed by atoms with E-state index in [-0.39, 0.29) is 23.8 Å². The predicted octanol–water partition coefficient (Wildman–Crippen LogP) is 6.73. The number of thioether (sulfide) groups is 1. The van der Waals surface area contributed by atoms with Gasteiger partial charge in [-0.3, -0.25) is 13.9 Å². The molecule has 0 unspecified atom stereocenters. The zero-order valence-corrected chi connectivity index (χ0v) is 28.0. The second-order valence-corrected chi connectivity index (χ2v) is 13.8. The van der Waals surface area contributed by atoms with Gasteiger partial charge in [-0.25, -0.2) is 8.42 Å². The van der Waals surface area contributed by atoms with E-state index < -0.39 is 28.5 Å². The van der Waals surface area contributed by atoms with Gasteiger partial charge in [-0.05, 0) is 73.2 Å². The monoisotopic (exact) mass is 663 g/mol. The first-order valence-electron chi connectivity index (χ1n) is 14.7. The molecule has 45 heavy (non-hydrogen) atoms. The van der Waals surface area contributed by atoms with Gasteiger partial charge in [-0.1, -0.05) is 84.8 Å². The van der Waals surface area contributed by atoms with Gasteiger partial charge in [0.15, 0.2) is 0 Å². The number of amides is 2. The van der Waals surface area contributed by atoms with Gasteiger partial charge in [0, 0.05) is 29.4 Å². The molecule has 0 heterocycles. The molecule has 0 saturated heterocycles. The smallest absolute Gasteiger partial charge is 0.264 e. The van der Waals surface area contributed by atoms with Crippen LogP contribution in [0.25, 0.3) is 0 Å². The molecule has 0 fully saturated rings. The topological polar surface area (TPSA) is 86.8 Å². The lowest BCUT2D eigenvalue weighted by Gasteiger charge is -2.34. The number of aryl methyl sites for hydroxylation is 1. The number of hydrogen-bond acceptors (Lipinski definition) is 5. The van der Waals surface area contributed by atoms with Crippen molar-refractivity contribution in [3.63, 3.8) is 0 Å². The summed E-state index contributed by atoms with van der Waals surface area (Å²) in [6.07, 6.45) is 2.87. The third-order valence-electron chi connectivity index (χ3n) is 7.37. The van der Waals surface area contributed by atoms with E-state index in [0.29, 0.717) is 22.8 Å². The fourth-order valence-electron chi connectivity index (χ4n) is 4.84. The van der Waals surface area contributed by atoms with Crippen LogP contribution in [0.5, 0.6) is 0 Å². The van der Waals surface area contributed by atoms with Crippen LogP contribution in [0.3, 0.4) is 0 Å². The van der Waals surface area contributed by atoms with E-state index in [0.717, 1.165) is 26.7 Å². The first-order valence-corrected chi connectivity index (χ1v) is 17.8. The van der Waals surface area contributed by atoms with Crippen LogP contribution >= 0.6 is 23.4 Å². The minimum atomic E-state index is -4.17. The zero-order valence-electron chi connectivity index (χ0n) is 25.6. The van der Waals surface area contributed by atoms with Crippen molar-refractivity contribution in [2.24, 2.45) is 0 Å². The largest absolute Gasteiger partial charge is 0.354 e. The molecule has 0 radical (unpaired) electrons. The summed E-state index contributed by atoms with van der Waals surface area (Å²) in [6, 6.07) is 29.2. The summed E-state index contributed by atoms with van der Waals surface area (Å²) in [5.41, 5.74) is 2.80. The normalized spacial score (nSPS) is 11.9. The molecule has 0 aliphatic heterocycles. The third-order valence-corrected chi connectivity index (χ3v) is 10.3. The molecular formula is C35H38ClN3O4S2. The molecule has 0 saturated carbocycles. The maximum absolute atomic E-state index is 14.5. The minimum absolute atomic E-state index is 0.0136. The number of hydrogen-bond donors (Lipinski definition) is 1. The lowest BCUT2D eigenvalue weighted by Crippen LogP contribution is -2.53. The van der Waals surface area contributed by atoms with Crippen molar-refractivity contribution >= 4 is 50.9 Å². The molecule has 1 atom stereocenters. The molecular weight excluding hydrogens is 626 g/mol. The van der Waals surface area contributed by atoms with Crippen LogP contribution in [0.2, 0.25) is 5.02 Å². The van der Waals surface area contributed by atoms with Crippen molar-refractivity contribution in [2.45, 2.75) is 49.1 Å². The van der Waals surface area contributed by atoms with E-state index in [2.05, 4.69) is 5.32 Å². The van der Waals surface area contributed by atoms with Crippen LogP contribution in [0.4, 0.5) is 5.69 Å². The molecule has 4 aromatic rings. The number of nitrogens with one attached hydrogen (secondary N) is 1. The molecule has 0 bridgehead atoms. The van der Waals surface area contributed by atoms with Gasteiger partial charge in [0.2, 0.25) is 11.8 Å². The fourth-order valence-corrected chi connectivity index (χ4v) is 6.86. The minimum Gasteiger partial charge on any atom is -0.354 e. The van der Waals surface area contributed by atoms with Gasteiger partial charge >= 0.3 is 0 Å². The lowest BCUT2D eigenvalue weighted by molar-refractivity contribution is -0.140. The highest BCUT2D eigenvalue weighted by molar-refractivity contribution is 7.98. The highest BCUT2D eigenvalue weighted by Crippen LogP contribution is 2.27. The Balaban J connectivity index is 1.80. The zero-order chi connectivity index (χ0) is 32.4. The van der Waals surface area contributed by atoms with Gasteiger partial charge in [-0.2, -0.15) is 0 Å². The van der Waals surface area contributed by atoms with E-state index in [1.54, 1.807) is 66.7 Å². The van der Waals surface area contributed by atoms with E-state index in [1.807, 2.05) is 56.5 Å². The Morgan fingerprint density at radius 3 is 2.16 bits per heavy atom. The standard InChI is InChI=1S/C35H38ClN3O4S2/c1-4-22-37-35(41)33(23-27-10-6-5-7-11-27)38(24-28-12-8-9-13-32(28)36)34(40)25-39(29-16-14-26(2)15-17-29)45(42,43)31-20-18-30(44-3)19-21-31/h5-21,33H,4,22-25H2,1-3H3,(H,37,41)/t33-/m0/s1. The Bertz CT molecular complexity index is 1680. The van der Waals surface area contributed by atoms with Crippen LogP contribution in [0, 0.1) is 6.92 Å². The van der Waals surface area contributed by atoms with Crippen LogP contribution in [-0.4, -0.2) is 50.5 Å². The second-order valence-electron chi connectivity index (χ2n) is 10.6.